The van der Waals surface area contributed by atoms with Crippen LogP contribution in [-0.2, 0) is 19.1 Å². The topological polar surface area (TPSA) is 111 Å². The van der Waals surface area contributed by atoms with Crippen molar-refractivity contribution in [1.82, 2.24) is 10.1 Å². The molecule has 2 amide bonds. The van der Waals surface area contributed by atoms with Crippen molar-refractivity contribution in [3.8, 4) is 5.88 Å². The van der Waals surface area contributed by atoms with Gasteiger partial charge >= 0.3 is 12.1 Å². The second kappa shape index (κ2) is 9.94. The quantitative estimate of drug-likeness (QED) is 0.565. The molecule has 0 spiro atoms. The van der Waals surface area contributed by atoms with Crippen molar-refractivity contribution in [2.24, 2.45) is 0 Å². The number of hydrogen-bond donors (Lipinski definition) is 0. The van der Waals surface area contributed by atoms with Gasteiger partial charge in [-0.3, -0.25) is 14.5 Å². The van der Waals surface area contributed by atoms with Gasteiger partial charge in [0.2, 0.25) is 0 Å². The monoisotopic (exact) mass is 473 g/mol. The molecular formula is C23H24FN3O7. The summed E-state index contributed by atoms with van der Waals surface area (Å²) in [4.78, 5) is 38.6. The van der Waals surface area contributed by atoms with Crippen molar-refractivity contribution in [3.63, 3.8) is 0 Å². The molecule has 0 bridgehead atoms. The number of carbonyl (C=O) groups excluding carboxylic acids is 3. The summed E-state index contributed by atoms with van der Waals surface area (Å²) in [7, 11) is 0. The molecule has 180 valence electrons. The van der Waals surface area contributed by atoms with Crippen molar-refractivity contribution in [2.75, 3.05) is 31.1 Å². The molecule has 4 rings (SSSR count). The van der Waals surface area contributed by atoms with Crippen LogP contribution in [0.4, 0.5) is 14.9 Å². The van der Waals surface area contributed by atoms with E-state index in [4.69, 9.17) is 14.2 Å². The van der Waals surface area contributed by atoms with Crippen LogP contribution in [0.2, 0.25) is 0 Å². The summed E-state index contributed by atoms with van der Waals surface area (Å²) in [5.74, 6) is -1.01. The van der Waals surface area contributed by atoms with Gasteiger partial charge in [0.15, 0.2) is 12.2 Å². The Bertz CT molecular complexity index is 1100. The third-order valence-corrected chi connectivity index (χ3v) is 5.53. The zero-order valence-corrected chi connectivity index (χ0v) is 18.7. The van der Waals surface area contributed by atoms with E-state index in [1.54, 1.807) is 23.1 Å². The van der Waals surface area contributed by atoms with Crippen LogP contribution in [0.25, 0.3) is 5.57 Å². The fraction of sp³-hybridized carbons (Fsp3) is 0.391. The van der Waals surface area contributed by atoms with E-state index in [2.05, 4.69) is 9.68 Å². The predicted octanol–water partition coefficient (Wildman–Crippen LogP) is 2.79. The Morgan fingerprint density at radius 3 is 2.79 bits per heavy atom. The highest BCUT2D eigenvalue weighted by Gasteiger charge is 2.33. The van der Waals surface area contributed by atoms with Gasteiger partial charge in [0.05, 0.1) is 12.2 Å². The summed E-state index contributed by atoms with van der Waals surface area (Å²) in [5.41, 5.74) is 1.54. The average molecular weight is 473 g/mol. The molecule has 2 aromatic rings. The zero-order valence-electron chi connectivity index (χ0n) is 18.7. The van der Waals surface area contributed by atoms with E-state index in [1.165, 1.54) is 37.1 Å². The Hall–Kier alpha value is -3.89. The first kappa shape index (κ1) is 23.3. The zero-order chi connectivity index (χ0) is 24.2. The summed E-state index contributed by atoms with van der Waals surface area (Å²) in [6, 6.07) is 6.10. The normalized spacial score (nSPS) is 18.9. The number of ether oxygens (including phenoxy) is 3. The number of anilines is 1. The standard InChI is InChI=1S/C23H24FN3O7/c1-14(33-15(2)28)22(29)26-8-5-16(6-9-26)19-4-3-17(11-20(19)24)27-12-18(34-23(27)30)13-31-21-7-10-32-25-21/h3-5,7,10-11,14,18H,6,8-9,12-13H2,1-2H3/t14-,18+/m0/s1. The molecule has 1 aromatic carbocycles. The fourth-order valence-electron chi connectivity index (χ4n) is 3.88. The molecular weight excluding hydrogens is 449 g/mol. The van der Waals surface area contributed by atoms with E-state index in [9.17, 15) is 18.8 Å². The van der Waals surface area contributed by atoms with Gasteiger partial charge in [0.25, 0.3) is 11.8 Å². The molecule has 2 aliphatic heterocycles. The Kier molecular flexibility index (Phi) is 6.80. The van der Waals surface area contributed by atoms with Gasteiger partial charge in [-0.1, -0.05) is 6.08 Å². The Balaban J connectivity index is 1.38. The van der Waals surface area contributed by atoms with Crippen LogP contribution in [0.15, 0.2) is 41.1 Å². The maximum atomic E-state index is 15.0. The summed E-state index contributed by atoms with van der Waals surface area (Å²) in [6.45, 7) is 3.73. The molecule has 2 atom stereocenters. The second-order valence-electron chi connectivity index (χ2n) is 7.94. The number of aromatic nitrogens is 1. The van der Waals surface area contributed by atoms with Crippen molar-refractivity contribution in [1.29, 1.82) is 0 Å². The lowest BCUT2D eigenvalue weighted by Crippen LogP contribution is -2.41. The summed E-state index contributed by atoms with van der Waals surface area (Å²) in [5, 5.41) is 3.63. The van der Waals surface area contributed by atoms with Gasteiger partial charge in [0.1, 0.15) is 18.7 Å². The lowest BCUT2D eigenvalue weighted by molar-refractivity contribution is -0.157. The number of halogens is 1. The minimum Gasteiger partial charge on any atom is -0.471 e. The molecule has 2 aliphatic rings. The predicted molar refractivity (Wildman–Crippen MR) is 116 cm³/mol. The van der Waals surface area contributed by atoms with Gasteiger partial charge in [-0.15, -0.1) is 0 Å². The van der Waals surface area contributed by atoms with Crippen LogP contribution in [0.3, 0.4) is 0 Å². The smallest absolute Gasteiger partial charge is 0.414 e. The first-order valence-corrected chi connectivity index (χ1v) is 10.8. The van der Waals surface area contributed by atoms with E-state index in [-0.39, 0.29) is 31.5 Å². The lowest BCUT2D eigenvalue weighted by Gasteiger charge is -2.29. The van der Waals surface area contributed by atoms with E-state index in [0.29, 0.717) is 24.2 Å². The number of cyclic esters (lactones) is 1. The number of rotatable bonds is 7. The molecule has 0 saturated carbocycles. The number of amides is 2. The molecule has 10 nitrogen and oxygen atoms in total. The summed E-state index contributed by atoms with van der Waals surface area (Å²) in [6.07, 6.45) is 1.60. The van der Waals surface area contributed by atoms with E-state index < -0.39 is 30.1 Å². The van der Waals surface area contributed by atoms with Crippen LogP contribution in [0.5, 0.6) is 5.88 Å². The van der Waals surface area contributed by atoms with Crippen molar-refractivity contribution < 1.29 is 37.5 Å². The van der Waals surface area contributed by atoms with E-state index in [1.807, 2.05) is 0 Å². The van der Waals surface area contributed by atoms with Gasteiger partial charge in [-0.2, -0.15) is 0 Å². The molecule has 0 aliphatic carbocycles. The summed E-state index contributed by atoms with van der Waals surface area (Å²) < 4.78 is 35.3. The Morgan fingerprint density at radius 1 is 1.32 bits per heavy atom. The molecule has 3 heterocycles. The highest BCUT2D eigenvalue weighted by molar-refractivity contribution is 5.90. The van der Waals surface area contributed by atoms with Gasteiger partial charge in [-0.25, -0.2) is 9.18 Å². The second-order valence-corrected chi connectivity index (χ2v) is 7.94. The SMILES string of the molecule is CC(=O)O[C@@H](C)C(=O)N1CC=C(c2ccc(N3C[C@H](COc4ccon4)OC3=O)cc2F)CC1. The minimum atomic E-state index is -0.867. The number of benzene rings is 1. The van der Waals surface area contributed by atoms with Crippen LogP contribution < -0.4 is 9.64 Å². The molecule has 1 saturated heterocycles. The average Bonchev–Trinajstić information content (AvgIpc) is 3.46. The summed E-state index contributed by atoms with van der Waals surface area (Å²) >= 11 is 0. The van der Waals surface area contributed by atoms with Gasteiger partial charge in [-0.05, 0) is 42.3 Å². The van der Waals surface area contributed by atoms with Crippen molar-refractivity contribution in [2.45, 2.75) is 32.5 Å². The van der Waals surface area contributed by atoms with Crippen LogP contribution in [-0.4, -0.2) is 66.5 Å². The Labute approximate surface area is 194 Å². The molecule has 0 unspecified atom stereocenters. The van der Waals surface area contributed by atoms with Crippen LogP contribution >= 0.6 is 0 Å². The third-order valence-electron chi connectivity index (χ3n) is 5.53. The van der Waals surface area contributed by atoms with Gasteiger partial charge < -0.3 is 23.6 Å². The number of carbonyl (C=O) groups is 3. The molecule has 0 radical (unpaired) electrons. The minimum absolute atomic E-state index is 0.0908. The first-order chi connectivity index (χ1) is 16.3. The molecule has 1 aromatic heterocycles. The number of hydrogen-bond acceptors (Lipinski definition) is 8. The largest absolute Gasteiger partial charge is 0.471 e. The Morgan fingerprint density at radius 2 is 2.15 bits per heavy atom. The number of esters is 1. The third kappa shape index (κ3) is 5.19. The molecule has 1 fully saturated rings. The lowest BCUT2D eigenvalue weighted by atomic mass is 9.98. The maximum Gasteiger partial charge on any atom is 0.414 e. The number of nitrogens with zero attached hydrogens (tertiary/aromatic N) is 3. The molecule has 34 heavy (non-hydrogen) atoms. The van der Waals surface area contributed by atoms with Crippen molar-refractivity contribution in [3.05, 3.63) is 48.0 Å². The molecule has 0 N–H and O–H groups in total. The van der Waals surface area contributed by atoms with Crippen molar-refractivity contribution >= 4 is 29.2 Å². The molecule has 11 heteroatoms. The van der Waals surface area contributed by atoms with E-state index in [0.717, 1.165) is 5.57 Å². The van der Waals surface area contributed by atoms with Gasteiger partial charge in [0, 0.05) is 31.6 Å². The fourth-order valence-corrected chi connectivity index (χ4v) is 3.88. The highest BCUT2D eigenvalue weighted by Crippen LogP contribution is 2.30. The van der Waals surface area contributed by atoms with Crippen LogP contribution in [0.1, 0.15) is 25.8 Å². The van der Waals surface area contributed by atoms with E-state index >= 15 is 0 Å². The maximum absolute atomic E-state index is 15.0. The van der Waals surface area contributed by atoms with Crippen LogP contribution in [0, 0.1) is 5.82 Å². The first-order valence-electron chi connectivity index (χ1n) is 10.8. The highest BCUT2D eigenvalue weighted by atomic mass is 19.1.